The highest BCUT2D eigenvalue weighted by atomic mass is 16.5. The van der Waals surface area contributed by atoms with E-state index in [0.29, 0.717) is 6.42 Å². The first-order valence-corrected chi connectivity index (χ1v) is 7.51. The maximum absolute atomic E-state index is 10.7. The average molecular weight is 324 g/mol. The molecule has 1 rings (SSSR count). The van der Waals surface area contributed by atoms with Crippen molar-refractivity contribution in [2.45, 2.75) is 44.9 Å². The van der Waals surface area contributed by atoms with Crippen LogP contribution in [0.25, 0.3) is 0 Å². The van der Waals surface area contributed by atoms with Gasteiger partial charge in [-0.05, 0) is 25.3 Å². The molecule has 0 atom stereocenters. The van der Waals surface area contributed by atoms with Crippen molar-refractivity contribution < 1.29 is 23.8 Å². The summed E-state index contributed by atoms with van der Waals surface area (Å²) in [6.07, 6.45) is 10.3. The smallest absolute Gasteiger partial charge is 0.338 e. The number of hydrogen-bond donors (Lipinski definition) is 1. The molecule has 1 aromatic heterocycles. The van der Waals surface area contributed by atoms with Gasteiger partial charge in [0, 0.05) is 12.5 Å². The number of allylic oxidation sites excluding steroid dienone is 1. The molecular formula is C17H24O6. The number of carboxylic acids is 1. The molecule has 0 unspecified atom stereocenters. The van der Waals surface area contributed by atoms with Crippen LogP contribution in [-0.2, 0) is 9.53 Å². The first kappa shape index (κ1) is 20.6. The maximum atomic E-state index is 10.7. The number of ether oxygens (including phenoxy) is 1. The Balaban J connectivity index is 0.000000433. The lowest BCUT2D eigenvalue weighted by molar-refractivity contribution is -0.140. The molecule has 0 aliphatic rings. The molecule has 0 bridgehead atoms. The lowest BCUT2D eigenvalue weighted by Gasteiger charge is -1.99. The minimum absolute atomic E-state index is 0.0281. The van der Waals surface area contributed by atoms with E-state index in [0.717, 1.165) is 31.6 Å². The monoisotopic (exact) mass is 324 g/mol. The first-order valence-electron chi connectivity index (χ1n) is 7.51. The van der Waals surface area contributed by atoms with Gasteiger partial charge in [0.15, 0.2) is 0 Å². The van der Waals surface area contributed by atoms with E-state index >= 15 is 0 Å². The maximum Gasteiger partial charge on any atom is 0.338 e. The van der Waals surface area contributed by atoms with Gasteiger partial charge in [0.1, 0.15) is 6.26 Å². The van der Waals surface area contributed by atoms with Crippen LogP contribution < -0.4 is 5.63 Å². The molecule has 0 amide bonds. The van der Waals surface area contributed by atoms with E-state index in [-0.39, 0.29) is 11.5 Å². The van der Waals surface area contributed by atoms with Crippen molar-refractivity contribution >= 4 is 11.9 Å². The zero-order valence-corrected chi connectivity index (χ0v) is 13.5. The molecule has 0 aromatic carbocycles. The van der Waals surface area contributed by atoms with Gasteiger partial charge in [-0.3, -0.25) is 4.79 Å². The number of carboxylic acid groups (broad SMARTS) is 1. The Morgan fingerprint density at radius 2 is 1.87 bits per heavy atom. The van der Waals surface area contributed by atoms with Crippen molar-refractivity contribution in [3.8, 4) is 0 Å². The first-order chi connectivity index (χ1) is 11.0. The molecule has 1 N–H and O–H groups in total. The predicted octanol–water partition coefficient (Wildman–Crippen LogP) is 3.41. The Morgan fingerprint density at radius 1 is 1.22 bits per heavy atom. The topological polar surface area (TPSA) is 93.8 Å². The Hall–Kier alpha value is -2.37. The second kappa shape index (κ2) is 13.3. The summed E-state index contributed by atoms with van der Waals surface area (Å²) in [5.41, 5.74) is -0.579. The van der Waals surface area contributed by atoms with Gasteiger partial charge in [-0.1, -0.05) is 25.3 Å². The number of esters is 1. The molecular weight excluding hydrogens is 300 g/mol. The lowest BCUT2D eigenvalue weighted by atomic mass is 10.1. The zero-order chi connectivity index (χ0) is 17.5. The van der Waals surface area contributed by atoms with Gasteiger partial charge in [0.2, 0.25) is 0 Å². The van der Waals surface area contributed by atoms with Gasteiger partial charge in [0.05, 0.1) is 12.7 Å². The van der Waals surface area contributed by atoms with Gasteiger partial charge in [-0.2, -0.15) is 0 Å². The number of carbonyl (C=O) groups excluding carboxylic acids is 1. The van der Waals surface area contributed by atoms with Crippen LogP contribution in [0.2, 0.25) is 0 Å². The van der Waals surface area contributed by atoms with E-state index in [1.165, 1.54) is 32.4 Å². The van der Waals surface area contributed by atoms with Crippen LogP contribution in [0.15, 0.2) is 40.3 Å². The SMILES string of the molecule is C=CCCCCCCCC(=O)OC.O=C(O)c1ccc(=O)oc1. The van der Waals surface area contributed by atoms with Crippen molar-refractivity contribution in [2.24, 2.45) is 0 Å². The van der Waals surface area contributed by atoms with Gasteiger partial charge < -0.3 is 14.3 Å². The van der Waals surface area contributed by atoms with Crippen molar-refractivity contribution in [1.29, 1.82) is 0 Å². The zero-order valence-electron chi connectivity index (χ0n) is 13.5. The fourth-order valence-electron chi connectivity index (χ4n) is 1.67. The Bertz CT molecular complexity index is 512. The Morgan fingerprint density at radius 3 is 2.39 bits per heavy atom. The summed E-state index contributed by atoms with van der Waals surface area (Å²) in [6.45, 7) is 3.67. The van der Waals surface area contributed by atoms with Crippen molar-refractivity contribution in [3.05, 3.63) is 47.0 Å². The van der Waals surface area contributed by atoms with E-state index < -0.39 is 11.6 Å². The fourth-order valence-corrected chi connectivity index (χ4v) is 1.67. The second-order valence-electron chi connectivity index (χ2n) is 4.82. The van der Waals surface area contributed by atoms with E-state index in [1.807, 2.05) is 6.08 Å². The highest BCUT2D eigenvalue weighted by molar-refractivity contribution is 5.86. The summed E-state index contributed by atoms with van der Waals surface area (Å²) in [5.74, 6) is -1.20. The highest BCUT2D eigenvalue weighted by Gasteiger charge is 2.00. The molecule has 128 valence electrons. The molecule has 0 radical (unpaired) electrons. The third-order valence-electron chi connectivity index (χ3n) is 2.96. The van der Waals surface area contributed by atoms with Gasteiger partial charge >= 0.3 is 17.6 Å². The molecule has 0 spiro atoms. The molecule has 1 heterocycles. The van der Waals surface area contributed by atoms with Crippen molar-refractivity contribution in [3.63, 3.8) is 0 Å². The average Bonchev–Trinajstić information content (AvgIpc) is 2.54. The van der Waals surface area contributed by atoms with E-state index in [9.17, 15) is 14.4 Å². The highest BCUT2D eigenvalue weighted by Crippen LogP contribution is 2.07. The van der Waals surface area contributed by atoms with Crippen LogP contribution in [0.1, 0.15) is 55.3 Å². The van der Waals surface area contributed by atoms with E-state index in [4.69, 9.17) is 5.11 Å². The predicted molar refractivity (Wildman–Crippen MR) is 86.5 cm³/mol. The number of unbranched alkanes of at least 4 members (excludes halogenated alkanes) is 5. The molecule has 1 aromatic rings. The summed E-state index contributed by atoms with van der Waals surface area (Å²) in [6, 6.07) is 2.25. The minimum atomic E-state index is -1.11. The lowest BCUT2D eigenvalue weighted by Crippen LogP contribution is -2.00. The largest absolute Gasteiger partial charge is 0.478 e. The molecule has 0 aliphatic carbocycles. The minimum Gasteiger partial charge on any atom is -0.478 e. The third kappa shape index (κ3) is 11.9. The Kier molecular flexibility index (Phi) is 11.9. The summed E-state index contributed by atoms with van der Waals surface area (Å²) in [4.78, 5) is 31.1. The quantitative estimate of drug-likeness (QED) is 0.425. The van der Waals surface area contributed by atoms with Crippen LogP contribution in [0, 0.1) is 0 Å². The molecule has 23 heavy (non-hydrogen) atoms. The van der Waals surface area contributed by atoms with Crippen LogP contribution in [0.5, 0.6) is 0 Å². The summed E-state index contributed by atoms with van der Waals surface area (Å²) < 4.78 is 8.83. The molecule has 0 saturated heterocycles. The van der Waals surface area contributed by atoms with Crippen LogP contribution >= 0.6 is 0 Å². The van der Waals surface area contributed by atoms with Gasteiger partial charge in [-0.25, -0.2) is 9.59 Å². The van der Waals surface area contributed by atoms with Gasteiger partial charge in [-0.15, -0.1) is 6.58 Å². The number of hydrogen-bond acceptors (Lipinski definition) is 5. The Labute approximate surface area is 135 Å². The molecule has 6 heteroatoms. The second-order valence-corrected chi connectivity index (χ2v) is 4.82. The normalized spacial score (nSPS) is 9.43. The van der Waals surface area contributed by atoms with Crippen LogP contribution in [-0.4, -0.2) is 24.2 Å². The summed E-state index contributed by atoms with van der Waals surface area (Å²) in [5, 5.41) is 8.31. The molecule has 0 aliphatic heterocycles. The molecule has 0 saturated carbocycles. The number of rotatable bonds is 9. The third-order valence-corrected chi connectivity index (χ3v) is 2.96. The van der Waals surface area contributed by atoms with Crippen LogP contribution in [0.3, 0.4) is 0 Å². The van der Waals surface area contributed by atoms with Crippen molar-refractivity contribution in [1.82, 2.24) is 0 Å². The van der Waals surface area contributed by atoms with Crippen molar-refractivity contribution in [2.75, 3.05) is 7.11 Å². The number of methoxy groups -OCH3 is 1. The summed E-state index contributed by atoms with van der Waals surface area (Å²) in [7, 11) is 1.44. The number of aromatic carboxylic acids is 1. The molecule has 6 nitrogen and oxygen atoms in total. The standard InChI is InChI=1S/C11H20O2.C6H4O4/c1-3-4-5-6-7-8-9-10-11(12)13-2;7-5-2-1-4(3-10-5)6(8)9/h3H,1,4-10H2,2H3;1-3H,(H,8,9). The van der Waals surface area contributed by atoms with E-state index in [2.05, 4.69) is 15.7 Å². The van der Waals surface area contributed by atoms with Crippen LogP contribution in [0.4, 0.5) is 0 Å². The molecule has 0 fully saturated rings. The van der Waals surface area contributed by atoms with E-state index in [1.54, 1.807) is 0 Å². The number of carbonyl (C=O) groups is 2. The summed E-state index contributed by atoms with van der Waals surface area (Å²) >= 11 is 0. The van der Waals surface area contributed by atoms with Gasteiger partial charge in [0.25, 0.3) is 0 Å². The fraction of sp³-hybridized carbons (Fsp3) is 0.471.